The summed E-state index contributed by atoms with van der Waals surface area (Å²) in [6, 6.07) is 8.55. The van der Waals surface area contributed by atoms with Crippen LogP contribution in [-0.2, 0) is 0 Å². The molecule has 4 rings (SSSR count). The molecule has 1 amide bonds. The van der Waals surface area contributed by atoms with Gasteiger partial charge in [0.1, 0.15) is 0 Å². The highest BCUT2D eigenvalue weighted by Crippen LogP contribution is 2.29. The molecule has 30 heavy (non-hydrogen) atoms. The summed E-state index contributed by atoms with van der Waals surface area (Å²) in [7, 11) is 4.08. The van der Waals surface area contributed by atoms with E-state index in [2.05, 4.69) is 30.9 Å². The lowest BCUT2D eigenvalue weighted by molar-refractivity contribution is 0.0661. The minimum atomic E-state index is 0.0695. The Morgan fingerprint density at radius 2 is 1.97 bits per heavy atom. The summed E-state index contributed by atoms with van der Waals surface area (Å²) in [6.45, 7) is 8.29. The second-order valence-electron chi connectivity index (χ2n) is 8.78. The third-order valence-electron chi connectivity index (χ3n) is 6.25. The number of fused-ring (bicyclic) bond motifs is 1. The lowest BCUT2D eigenvalue weighted by Gasteiger charge is -2.35. The number of amides is 1. The Hall–Kier alpha value is -2.73. The van der Waals surface area contributed by atoms with Crippen molar-refractivity contribution in [2.24, 2.45) is 0 Å². The first-order valence-corrected chi connectivity index (χ1v) is 10.8. The number of carbonyl (C=O) groups excluding carboxylic acids is 1. The molecule has 6 heteroatoms. The quantitative estimate of drug-likeness (QED) is 0.654. The maximum Gasteiger partial charge on any atom is 0.254 e. The van der Waals surface area contributed by atoms with Gasteiger partial charge in [0.25, 0.3) is 5.91 Å². The highest BCUT2D eigenvalue weighted by Gasteiger charge is 2.26. The summed E-state index contributed by atoms with van der Waals surface area (Å²) < 4.78 is 1.92. The Morgan fingerprint density at radius 3 is 2.63 bits per heavy atom. The van der Waals surface area contributed by atoms with Gasteiger partial charge >= 0.3 is 0 Å². The smallest absolute Gasteiger partial charge is 0.254 e. The van der Waals surface area contributed by atoms with E-state index in [1.165, 1.54) is 0 Å². The summed E-state index contributed by atoms with van der Waals surface area (Å²) >= 11 is 0. The summed E-state index contributed by atoms with van der Waals surface area (Å²) in [5.74, 6) is 0.0695. The van der Waals surface area contributed by atoms with Crippen molar-refractivity contribution in [1.82, 2.24) is 24.6 Å². The van der Waals surface area contributed by atoms with Gasteiger partial charge in [-0.25, -0.2) is 4.98 Å². The number of hydrogen-bond acceptors (Lipinski definition) is 4. The topological polar surface area (TPSA) is 54.3 Å². The van der Waals surface area contributed by atoms with Gasteiger partial charge in [-0.2, -0.15) is 5.10 Å². The molecule has 1 fully saturated rings. The molecular formula is C24H31N5O. The van der Waals surface area contributed by atoms with Crippen LogP contribution in [0.1, 0.15) is 48.7 Å². The number of carbonyl (C=O) groups is 1. The van der Waals surface area contributed by atoms with E-state index in [9.17, 15) is 4.79 Å². The first-order valence-electron chi connectivity index (χ1n) is 10.8. The predicted octanol–water partition coefficient (Wildman–Crippen LogP) is 4.15. The van der Waals surface area contributed by atoms with Crippen molar-refractivity contribution in [2.75, 3.05) is 27.2 Å². The summed E-state index contributed by atoms with van der Waals surface area (Å²) in [6.07, 6.45) is 5.86. The van der Waals surface area contributed by atoms with Gasteiger partial charge in [-0.15, -0.1) is 0 Å². The minimum Gasteiger partial charge on any atom is -0.339 e. The van der Waals surface area contributed by atoms with Crippen molar-refractivity contribution in [1.29, 1.82) is 0 Å². The van der Waals surface area contributed by atoms with Crippen LogP contribution in [0.15, 0.2) is 36.7 Å². The Bertz CT molecular complexity index is 1060. The molecule has 0 spiro atoms. The van der Waals surface area contributed by atoms with Gasteiger partial charge in [0.15, 0.2) is 0 Å². The van der Waals surface area contributed by atoms with Gasteiger partial charge in [0.05, 0.1) is 23.0 Å². The van der Waals surface area contributed by atoms with Gasteiger partial charge in [0.2, 0.25) is 0 Å². The average molecular weight is 406 g/mol. The number of para-hydroxylation sites is 1. The average Bonchev–Trinajstić information content (AvgIpc) is 3.24. The monoisotopic (exact) mass is 405 g/mol. The Balaban J connectivity index is 1.77. The lowest BCUT2D eigenvalue weighted by Crippen LogP contribution is -2.44. The van der Waals surface area contributed by atoms with Crippen molar-refractivity contribution in [2.45, 2.75) is 45.7 Å². The van der Waals surface area contributed by atoms with Gasteiger partial charge in [-0.05, 0) is 65.4 Å². The Labute approximate surface area is 178 Å². The fourth-order valence-electron chi connectivity index (χ4n) is 4.21. The van der Waals surface area contributed by atoms with Gasteiger partial charge in [-0.3, -0.25) is 9.48 Å². The van der Waals surface area contributed by atoms with E-state index in [-0.39, 0.29) is 18.0 Å². The van der Waals surface area contributed by atoms with E-state index in [0.717, 1.165) is 59.2 Å². The van der Waals surface area contributed by atoms with Crippen LogP contribution in [0.2, 0.25) is 0 Å². The van der Waals surface area contributed by atoms with Crippen molar-refractivity contribution >= 4 is 16.8 Å². The van der Waals surface area contributed by atoms with Crippen LogP contribution >= 0.6 is 0 Å². The maximum absolute atomic E-state index is 13.6. The van der Waals surface area contributed by atoms with E-state index in [4.69, 9.17) is 4.98 Å². The van der Waals surface area contributed by atoms with Crippen LogP contribution in [0.25, 0.3) is 22.2 Å². The Morgan fingerprint density at radius 1 is 1.23 bits per heavy atom. The van der Waals surface area contributed by atoms with Gasteiger partial charge in [-0.1, -0.05) is 18.2 Å². The number of aromatic nitrogens is 3. The molecule has 3 heterocycles. The maximum atomic E-state index is 13.6. The highest BCUT2D eigenvalue weighted by molar-refractivity contribution is 6.07. The number of nitrogens with zero attached hydrogens (tertiary/aromatic N) is 5. The molecular weight excluding hydrogens is 374 g/mol. The number of benzene rings is 1. The number of pyridine rings is 1. The third kappa shape index (κ3) is 3.84. The largest absolute Gasteiger partial charge is 0.339 e. The molecule has 2 aromatic heterocycles. The first kappa shape index (κ1) is 20.5. The standard InChI is InChI=1S/C24H31N5O/c1-16(2)29-15-18(14-25-29)22-13-21(20-8-6-7-17(3)23(20)26-22)24(30)28(5)19-9-11-27(4)12-10-19/h6-8,13-16,19H,9-12H2,1-5H3. The van der Waals surface area contributed by atoms with Gasteiger partial charge < -0.3 is 9.80 Å². The molecule has 158 valence electrons. The molecule has 0 bridgehead atoms. The molecule has 0 atom stereocenters. The number of aryl methyl sites for hydroxylation is 1. The highest BCUT2D eigenvalue weighted by atomic mass is 16.2. The summed E-state index contributed by atoms with van der Waals surface area (Å²) in [4.78, 5) is 22.8. The normalized spacial score (nSPS) is 15.8. The number of piperidine rings is 1. The van der Waals surface area contributed by atoms with E-state index in [0.29, 0.717) is 0 Å². The van der Waals surface area contributed by atoms with Crippen LogP contribution in [0.4, 0.5) is 0 Å². The lowest BCUT2D eigenvalue weighted by atomic mass is 9.99. The summed E-state index contributed by atoms with van der Waals surface area (Å²) in [5, 5.41) is 5.38. The zero-order valence-corrected chi connectivity index (χ0v) is 18.6. The molecule has 1 aromatic carbocycles. The molecule has 0 N–H and O–H groups in total. The van der Waals surface area contributed by atoms with E-state index in [1.54, 1.807) is 0 Å². The summed E-state index contributed by atoms with van der Waals surface area (Å²) in [5.41, 5.74) is 4.40. The van der Waals surface area contributed by atoms with E-state index >= 15 is 0 Å². The fraction of sp³-hybridized carbons (Fsp3) is 0.458. The molecule has 1 saturated heterocycles. The van der Waals surface area contributed by atoms with Crippen molar-refractivity contribution in [3.63, 3.8) is 0 Å². The van der Waals surface area contributed by atoms with Crippen LogP contribution in [-0.4, -0.2) is 63.7 Å². The first-order chi connectivity index (χ1) is 14.3. The molecule has 0 aliphatic carbocycles. The zero-order valence-electron chi connectivity index (χ0n) is 18.6. The molecule has 0 radical (unpaired) electrons. The molecule has 3 aromatic rings. The molecule has 1 aliphatic rings. The Kier molecular flexibility index (Phi) is 5.60. The molecule has 0 unspecified atom stereocenters. The van der Waals surface area contributed by atoms with E-state index < -0.39 is 0 Å². The van der Waals surface area contributed by atoms with Crippen LogP contribution < -0.4 is 0 Å². The molecule has 6 nitrogen and oxygen atoms in total. The van der Waals surface area contributed by atoms with E-state index in [1.807, 2.05) is 60.2 Å². The SMILES string of the molecule is Cc1cccc2c(C(=O)N(C)C3CCN(C)CC3)cc(-c3cnn(C(C)C)c3)nc12. The molecule has 0 saturated carbocycles. The number of likely N-dealkylation sites (tertiary alicyclic amines) is 1. The van der Waals surface area contributed by atoms with Crippen LogP contribution in [0.5, 0.6) is 0 Å². The number of hydrogen-bond donors (Lipinski definition) is 0. The third-order valence-corrected chi connectivity index (χ3v) is 6.25. The van der Waals surface area contributed by atoms with Crippen LogP contribution in [0, 0.1) is 6.92 Å². The van der Waals surface area contributed by atoms with Crippen molar-refractivity contribution < 1.29 is 4.79 Å². The zero-order chi connectivity index (χ0) is 21.4. The van der Waals surface area contributed by atoms with Crippen molar-refractivity contribution in [3.8, 4) is 11.3 Å². The van der Waals surface area contributed by atoms with Gasteiger partial charge in [0, 0.05) is 36.3 Å². The molecule has 1 aliphatic heterocycles. The van der Waals surface area contributed by atoms with Crippen LogP contribution in [0.3, 0.4) is 0 Å². The predicted molar refractivity (Wildman–Crippen MR) is 121 cm³/mol. The fourth-order valence-corrected chi connectivity index (χ4v) is 4.21. The second kappa shape index (κ2) is 8.19. The second-order valence-corrected chi connectivity index (χ2v) is 8.78. The minimum absolute atomic E-state index is 0.0695. The van der Waals surface area contributed by atoms with Crippen molar-refractivity contribution in [3.05, 3.63) is 47.8 Å². The number of rotatable bonds is 4.